The van der Waals surface area contributed by atoms with Gasteiger partial charge in [0.1, 0.15) is 11.2 Å². The highest BCUT2D eigenvalue weighted by atomic mass is 16.3. The number of nitriles is 1. The van der Waals surface area contributed by atoms with Crippen molar-refractivity contribution < 1.29 is 4.42 Å². The Balaban J connectivity index is 1.19. The van der Waals surface area contributed by atoms with Crippen molar-refractivity contribution in [2.75, 3.05) is 0 Å². The zero-order chi connectivity index (χ0) is 28.9. The molecule has 1 aromatic heterocycles. The molecule has 0 unspecified atom stereocenters. The van der Waals surface area contributed by atoms with E-state index in [2.05, 4.69) is 128 Å². The molecule has 0 fully saturated rings. The van der Waals surface area contributed by atoms with E-state index in [1.165, 1.54) is 32.3 Å². The molecular weight excluding hydrogens is 522 g/mol. The minimum Gasteiger partial charge on any atom is -0.455 e. The molecule has 0 N–H and O–H groups in total. The molecule has 0 aliphatic rings. The normalized spacial score (nSPS) is 11.3. The first-order valence-corrected chi connectivity index (χ1v) is 14.3. The van der Waals surface area contributed by atoms with Gasteiger partial charge in [-0.15, -0.1) is 0 Å². The molecule has 0 bridgehead atoms. The number of hydrogen-bond donors (Lipinski definition) is 0. The predicted molar refractivity (Wildman–Crippen MR) is 179 cm³/mol. The van der Waals surface area contributed by atoms with E-state index < -0.39 is 0 Å². The van der Waals surface area contributed by atoms with Gasteiger partial charge < -0.3 is 4.42 Å². The van der Waals surface area contributed by atoms with Gasteiger partial charge in [0.05, 0.1) is 11.6 Å². The van der Waals surface area contributed by atoms with E-state index in [0.29, 0.717) is 5.56 Å². The molecule has 0 atom stereocenters. The zero-order valence-corrected chi connectivity index (χ0v) is 23.3. The standard InChI is InChI=1S/C41H25NO/c1-26(28-12-10-27(25-42)11-13-28)29-14-16-30(17-15-29)31-18-20-33(21-19-31)37-24-34-7-3-5-9-36(34)40-39-35-8-4-2-6-32(35)22-23-38(39)43-41(37)40/h2-24H,1H2. The van der Waals surface area contributed by atoms with Crippen LogP contribution in [-0.2, 0) is 0 Å². The molecule has 0 spiro atoms. The van der Waals surface area contributed by atoms with E-state index in [4.69, 9.17) is 9.68 Å². The largest absolute Gasteiger partial charge is 0.455 e. The lowest BCUT2D eigenvalue weighted by atomic mass is 9.93. The second kappa shape index (κ2) is 9.87. The molecule has 0 saturated carbocycles. The monoisotopic (exact) mass is 547 g/mol. The van der Waals surface area contributed by atoms with Gasteiger partial charge in [0.2, 0.25) is 0 Å². The van der Waals surface area contributed by atoms with Crippen LogP contribution in [0.15, 0.2) is 151 Å². The van der Waals surface area contributed by atoms with Crippen LogP contribution in [0.3, 0.4) is 0 Å². The molecule has 1 heterocycles. The Morgan fingerprint density at radius 3 is 1.79 bits per heavy atom. The highest BCUT2D eigenvalue weighted by Crippen LogP contribution is 2.43. The minimum absolute atomic E-state index is 0.647. The van der Waals surface area contributed by atoms with Gasteiger partial charge in [-0.25, -0.2) is 0 Å². The van der Waals surface area contributed by atoms with E-state index in [0.717, 1.165) is 50.1 Å². The molecule has 0 saturated heterocycles. The molecule has 0 aliphatic heterocycles. The van der Waals surface area contributed by atoms with Gasteiger partial charge in [0, 0.05) is 16.3 Å². The molecule has 0 radical (unpaired) electrons. The van der Waals surface area contributed by atoms with Gasteiger partial charge in [0.25, 0.3) is 0 Å². The summed E-state index contributed by atoms with van der Waals surface area (Å²) >= 11 is 0. The highest BCUT2D eigenvalue weighted by molar-refractivity contribution is 6.28. The van der Waals surface area contributed by atoms with E-state index in [1.807, 2.05) is 24.3 Å². The Labute approximate surface area is 249 Å². The van der Waals surface area contributed by atoms with Crippen molar-refractivity contribution in [2.45, 2.75) is 0 Å². The average molecular weight is 548 g/mol. The van der Waals surface area contributed by atoms with Crippen molar-refractivity contribution >= 4 is 49.1 Å². The summed E-state index contributed by atoms with van der Waals surface area (Å²) in [7, 11) is 0. The summed E-state index contributed by atoms with van der Waals surface area (Å²) in [4.78, 5) is 0. The number of fused-ring (bicyclic) bond motifs is 7. The minimum atomic E-state index is 0.647. The van der Waals surface area contributed by atoms with Gasteiger partial charge in [-0.1, -0.05) is 122 Å². The first-order chi connectivity index (χ1) is 21.2. The smallest absolute Gasteiger partial charge is 0.143 e. The predicted octanol–water partition coefficient (Wildman–Crippen LogP) is 11.2. The lowest BCUT2D eigenvalue weighted by Gasteiger charge is -2.10. The van der Waals surface area contributed by atoms with Crippen molar-refractivity contribution in [3.8, 4) is 28.3 Å². The van der Waals surface area contributed by atoms with Gasteiger partial charge >= 0.3 is 0 Å². The lowest BCUT2D eigenvalue weighted by molar-refractivity contribution is 0.670. The van der Waals surface area contributed by atoms with Crippen molar-refractivity contribution in [2.24, 2.45) is 0 Å². The second-order valence-electron chi connectivity index (χ2n) is 10.9. The summed E-state index contributed by atoms with van der Waals surface area (Å²) in [5.74, 6) is 0. The SMILES string of the molecule is C=C(c1ccc(C#N)cc1)c1ccc(-c2ccc(-c3cc4ccccc4c4c3oc3ccc5ccccc5c34)cc2)cc1. The molecule has 200 valence electrons. The van der Waals surface area contributed by atoms with Crippen LogP contribution in [0.2, 0.25) is 0 Å². The molecule has 0 amide bonds. The van der Waals surface area contributed by atoms with E-state index >= 15 is 0 Å². The third-order valence-electron chi connectivity index (χ3n) is 8.48. The highest BCUT2D eigenvalue weighted by Gasteiger charge is 2.18. The van der Waals surface area contributed by atoms with Crippen LogP contribution in [-0.4, -0.2) is 0 Å². The summed E-state index contributed by atoms with van der Waals surface area (Å²) in [6, 6.07) is 50.5. The molecule has 7 aromatic carbocycles. The maximum absolute atomic E-state index is 9.08. The van der Waals surface area contributed by atoms with Gasteiger partial charge in [-0.2, -0.15) is 5.26 Å². The summed E-state index contributed by atoms with van der Waals surface area (Å²) in [5.41, 5.74) is 9.97. The lowest BCUT2D eigenvalue weighted by Crippen LogP contribution is -1.88. The van der Waals surface area contributed by atoms with Gasteiger partial charge in [0.15, 0.2) is 0 Å². The maximum atomic E-state index is 9.08. The quantitative estimate of drug-likeness (QED) is 0.220. The van der Waals surface area contributed by atoms with E-state index in [1.54, 1.807) is 0 Å². The van der Waals surface area contributed by atoms with Crippen molar-refractivity contribution in [3.63, 3.8) is 0 Å². The van der Waals surface area contributed by atoms with Crippen LogP contribution >= 0.6 is 0 Å². The number of nitrogens with zero attached hydrogens (tertiary/aromatic N) is 1. The van der Waals surface area contributed by atoms with Crippen LogP contribution in [0, 0.1) is 11.3 Å². The van der Waals surface area contributed by atoms with Gasteiger partial charge in [-0.3, -0.25) is 0 Å². The Hall–Kier alpha value is -5.91. The number of hydrogen-bond acceptors (Lipinski definition) is 2. The molecule has 0 aliphatic carbocycles. The molecule has 8 rings (SSSR count). The summed E-state index contributed by atoms with van der Waals surface area (Å²) in [6.07, 6.45) is 0. The molecule has 2 nitrogen and oxygen atoms in total. The molecule has 8 aromatic rings. The fourth-order valence-electron chi connectivity index (χ4n) is 6.22. The third-order valence-corrected chi connectivity index (χ3v) is 8.48. The fourth-order valence-corrected chi connectivity index (χ4v) is 6.22. The van der Waals surface area contributed by atoms with Crippen LogP contribution in [0.4, 0.5) is 0 Å². The average Bonchev–Trinajstić information content (AvgIpc) is 3.48. The number of benzene rings is 7. The molecule has 2 heteroatoms. The fraction of sp³-hybridized carbons (Fsp3) is 0. The van der Waals surface area contributed by atoms with Crippen LogP contribution < -0.4 is 0 Å². The maximum Gasteiger partial charge on any atom is 0.143 e. The molecular formula is C41H25NO. The Kier molecular flexibility index (Phi) is 5.71. The van der Waals surface area contributed by atoms with E-state index in [9.17, 15) is 0 Å². The van der Waals surface area contributed by atoms with Gasteiger partial charge in [-0.05, 0) is 79.2 Å². The summed E-state index contributed by atoms with van der Waals surface area (Å²) in [6.45, 7) is 4.29. The van der Waals surface area contributed by atoms with Crippen LogP contribution in [0.25, 0.3) is 71.3 Å². The third kappa shape index (κ3) is 4.10. The van der Waals surface area contributed by atoms with Crippen molar-refractivity contribution in [1.82, 2.24) is 0 Å². The zero-order valence-electron chi connectivity index (χ0n) is 23.3. The van der Waals surface area contributed by atoms with Crippen molar-refractivity contribution in [1.29, 1.82) is 5.26 Å². The first kappa shape index (κ1) is 24.9. The Morgan fingerprint density at radius 1 is 0.558 bits per heavy atom. The van der Waals surface area contributed by atoms with E-state index in [-0.39, 0.29) is 0 Å². The van der Waals surface area contributed by atoms with Crippen molar-refractivity contribution in [3.05, 3.63) is 163 Å². The topological polar surface area (TPSA) is 36.9 Å². The van der Waals surface area contributed by atoms with Crippen LogP contribution in [0.1, 0.15) is 16.7 Å². The number of furan rings is 1. The number of rotatable bonds is 4. The Bertz CT molecular complexity index is 2380. The molecule has 43 heavy (non-hydrogen) atoms. The van der Waals surface area contributed by atoms with Crippen LogP contribution in [0.5, 0.6) is 0 Å². The Morgan fingerprint density at radius 2 is 1.12 bits per heavy atom. The summed E-state index contributed by atoms with van der Waals surface area (Å²) in [5, 5.41) is 16.2. The second-order valence-corrected chi connectivity index (χ2v) is 10.9. The summed E-state index contributed by atoms with van der Waals surface area (Å²) < 4.78 is 6.63. The first-order valence-electron chi connectivity index (χ1n) is 14.3.